The van der Waals surface area contributed by atoms with Gasteiger partial charge in [-0.15, -0.1) is 0 Å². The van der Waals surface area contributed by atoms with Crippen molar-refractivity contribution in [2.45, 2.75) is 64.1 Å². The second-order valence-electron chi connectivity index (χ2n) is 9.04. The highest BCUT2D eigenvalue weighted by Gasteiger charge is 2.47. The Hall–Kier alpha value is -2.80. The highest BCUT2D eigenvalue weighted by molar-refractivity contribution is 5.87. The van der Waals surface area contributed by atoms with Crippen molar-refractivity contribution < 1.29 is 24.2 Å². The summed E-state index contributed by atoms with van der Waals surface area (Å²) in [5.41, 5.74) is 19.4. The number of nitrogens with one attached hydrogen (secondary N) is 2. The molecule has 12 nitrogen and oxygen atoms in total. The fraction of sp³-hybridized carbons (Fsp3) is 0.619. The number of H-pyrrole nitrogens is 1. The minimum Gasteiger partial charge on any atom is -0.463 e. The predicted molar refractivity (Wildman–Crippen MR) is 120 cm³/mol. The van der Waals surface area contributed by atoms with Crippen molar-refractivity contribution in [2.24, 2.45) is 23.3 Å². The lowest BCUT2D eigenvalue weighted by Gasteiger charge is -2.24. The maximum Gasteiger partial charge on any atom is 0.323 e. The Morgan fingerprint density at radius 3 is 2.39 bits per heavy atom. The van der Waals surface area contributed by atoms with E-state index in [1.807, 2.05) is 13.8 Å². The van der Waals surface area contributed by atoms with Crippen LogP contribution in [0.2, 0.25) is 0 Å². The summed E-state index contributed by atoms with van der Waals surface area (Å²) in [6.07, 6.45) is 0.778. The molecule has 0 aromatic carbocycles. The van der Waals surface area contributed by atoms with E-state index in [1.165, 1.54) is 6.33 Å². The number of aliphatic hydroxyl groups excluding tert-OH is 1. The van der Waals surface area contributed by atoms with Crippen LogP contribution >= 0.6 is 0 Å². The molecule has 6 atom stereocenters. The van der Waals surface area contributed by atoms with Crippen LogP contribution in [0.25, 0.3) is 11.0 Å². The van der Waals surface area contributed by atoms with Crippen LogP contribution in [0.4, 0.5) is 5.82 Å². The van der Waals surface area contributed by atoms with Crippen molar-refractivity contribution in [3.8, 4) is 0 Å². The Bertz CT molecular complexity index is 995. The first kappa shape index (κ1) is 24.8. The van der Waals surface area contributed by atoms with Crippen molar-refractivity contribution in [1.29, 1.82) is 0 Å². The monoisotopic (exact) mass is 463 g/mol. The van der Waals surface area contributed by atoms with E-state index in [2.05, 4.69) is 20.3 Å². The number of esters is 2. The molecule has 3 heterocycles. The third-order valence-electron chi connectivity index (χ3n) is 5.97. The average molecular weight is 464 g/mol. The molecular weight excluding hydrogens is 430 g/mol. The number of ether oxygens (including phenoxy) is 2. The van der Waals surface area contributed by atoms with Gasteiger partial charge in [0.05, 0.1) is 17.6 Å². The third kappa shape index (κ3) is 5.08. The van der Waals surface area contributed by atoms with Gasteiger partial charge in [0.1, 0.15) is 42.7 Å². The summed E-state index contributed by atoms with van der Waals surface area (Å²) in [5, 5.41) is 14.2. The smallest absolute Gasteiger partial charge is 0.323 e. The van der Waals surface area contributed by atoms with Crippen LogP contribution < -0.4 is 22.5 Å². The molecule has 2 aromatic rings. The van der Waals surface area contributed by atoms with Gasteiger partial charge in [-0.25, -0.2) is 9.97 Å². The van der Waals surface area contributed by atoms with E-state index in [0.29, 0.717) is 16.6 Å². The fourth-order valence-electron chi connectivity index (χ4n) is 3.64. The lowest BCUT2D eigenvalue weighted by Crippen LogP contribution is -2.44. The number of nitrogen functional groups attached to an aromatic ring is 1. The third-order valence-corrected chi connectivity index (χ3v) is 5.97. The Morgan fingerprint density at radius 2 is 1.76 bits per heavy atom. The van der Waals surface area contributed by atoms with Gasteiger partial charge in [0.25, 0.3) is 0 Å². The summed E-state index contributed by atoms with van der Waals surface area (Å²) in [7, 11) is 0. The predicted octanol–water partition coefficient (Wildman–Crippen LogP) is -0.664. The van der Waals surface area contributed by atoms with Crippen molar-refractivity contribution in [2.75, 3.05) is 12.3 Å². The molecule has 0 unspecified atom stereocenters. The number of hydrogen-bond acceptors (Lipinski definition) is 11. The first-order valence-electron chi connectivity index (χ1n) is 10.9. The van der Waals surface area contributed by atoms with E-state index in [4.69, 9.17) is 26.7 Å². The number of aliphatic hydroxyl groups is 1. The van der Waals surface area contributed by atoms with Gasteiger partial charge in [0.15, 0.2) is 5.82 Å². The molecule has 2 aromatic heterocycles. The van der Waals surface area contributed by atoms with Crippen LogP contribution in [-0.4, -0.2) is 68.9 Å². The molecule has 182 valence electrons. The number of aromatic amines is 1. The number of anilines is 1. The summed E-state index contributed by atoms with van der Waals surface area (Å²) in [6, 6.07) is -3.05. The summed E-state index contributed by atoms with van der Waals surface area (Å²) >= 11 is 0. The quantitative estimate of drug-likeness (QED) is 0.271. The Balaban J connectivity index is 1.87. The Morgan fingerprint density at radius 1 is 1.12 bits per heavy atom. The molecule has 0 saturated carbocycles. The lowest BCUT2D eigenvalue weighted by atomic mass is 10.0. The number of carbonyl (C=O) groups is 2. The minimum atomic E-state index is -1.19. The van der Waals surface area contributed by atoms with E-state index in [9.17, 15) is 14.7 Å². The highest BCUT2D eigenvalue weighted by Crippen LogP contribution is 2.34. The van der Waals surface area contributed by atoms with Gasteiger partial charge in [-0.3, -0.25) is 14.9 Å². The Labute approximate surface area is 191 Å². The van der Waals surface area contributed by atoms with Gasteiger partial charge < -0.3 is 36.8 Å². The molecule has 0 spiro atoms. The average Bonchev–Trinajstić information content (AvgIpc) is 3.33. The maximum absolute atomic E-state index is 12.6. The molecule has 1 fully saturated rings. The molecule has 33 heavy (non-hydrogen) atoms. The van der Waals surface area contributed by atoms with E-state index in [0.717, 1.165) is 0 Å². The van der Waals surface area contributed by atoms with E-state index >= 15 is 0 Å². The molecule has 0 radical (unpaired) electrons. The lowest BCUT2D eigenvalue weighted by molar-refractivity contribution is -0.158. The summed E-state index contributed by atoms with van der Waals surface area (Å²) in [6.45, 7) is 7.05. The van der Waals surface area contributed by atoms with Crippen LogP contribution in [0.5, 0.6) is 0 Å². The summed E-state index contributed by atoms with van der Waals surface area (Å²) < 4.78 is 11.0. The van der Waals surface area contributed by atoms with Crippen molar-refractivity contribution in [1.82, 2.24) is 20.3 Å². The second-order valence-corrected chi connectivity index (χ2v) is 9.04. The molecule has 0 aliphatic carbocycles. The molecular formula is C21H33N7O5. The molecule has 1 aliphatic rings. The molecule has 0 amide bonds. The zero-order chi connectivity index (χ0) is 24.4. The number of nitrogens with zero attached hydrogens (tertiary/aromatic N) is 2. The van der Waals surface area contributed by atoms with E-state index in [-0.39, 0.29) is 24.3 Å². The summed E-state index contributed by atoms with van der Waals surface area (Å²) in [4.78, 5) is 36.1. The highest BCUT2D eigenvalue weighted by atomic mass is 16.6. The first-order valence-corrected chi connectivity index (χ1v) is 10.9. The summed E-state index contributed by atoms with van der Waals surface area (Å²) in [5.74, 6) is -1.22. The van der Waals surface area contributed by atoms with Crippen LogP contribution in [0.1, 0.15) is 39.3 Å². The van der Waals surface area contributed by atoms with Crippen LogP contribution in [-0.2, 0) is 19.1 Å². The van der Waals surface area contributed by atoms with Gasteiger partial charge in [0, 0.05) is 11.8 Å². The van der Waals surface area contributed by atoms with Gasteiger partial charge >= 0.3 is 11.9 Å². The first-order chi connectivity index (χ1) is 15.5. The number of hydrogen-bond donors (Lipinski definition) is 6. The molecule has 9 N–H and O–H groups in total. The van der Waals surface area contributed by atoms with Gasteiger partial charge in [0.2, 0.25) is 0 Å². The van der Waals surface area contributed by atoms with E-state index < -0.39 is 48.3 Å². The van der Waals surface area contributed by atoms with Gasteiger partial charge in [-0.2, -0.15) is 0 Å². The van der Waals surface area contributed by atoms with Crippen molar-refractivity contribution >= 4 is 28.8 Å². The maximum atomic E-state index is 12.6. The second kappa shape index (κ2) is 10.00. The van der Waals surface area contributed by atoms with Gasteiger partial charge in [-0.1, -0.05) is 27.7 Å². The van der Waals surface area contributed by atoms with Crippen molar-refractivity contribution in [3.63, 3.8) is 0 Å². The number of rotatable bonds is 8. The number of carbonyl (C=O) groups excluding carboxylic acids is 2. The SMILES string of the molecule is CC(C)[C@H](N)C(=O)OC[C@H]1N[C@@H](c2c[nH]c3c(N)ncnc23)[C@H](OC(=O)[C@@H](N)C(C)C)[C@@H]1O. The molecule has 3 rings (SSSR count). The molecule has 12 heteroatoms. The largest absolute Gasteiger partial charge is 0.463 e. The zero-order valence-corrected chi connectivity index (χ0v) is 19.2. The van der Waals surface area contributed by atoms with Gasteiger partial charge in [-0.05, 0) is 11.8 Å². The number of fused-ring (bicyclic) bond motifs is 1. The van der Waals surface area contributed by atoms with Crippen LogP contribution in [0.3, 0.4) is 0 Å². The number of aromatic nitrogens is 3. The minimum absolute atomic E-state index is 0.103. The fourth-order valence-corrected chi connectivity index (χ4v) is 3.64. The zero-order valence-electron chi connectivity index (χ0n) is 19.2. The Kier molecular flexibility index (Phi) is 7.52. The standard InChI is InChI=1S/C21H33N7O5/c1-8(2)12(22)20(30)32-6-11-17(29)18(33-21(31)13(23)9(3)4)15(28-11)10-5-25-16-14(10)26-7-27-19(16)24/h5,7-9,11-13,15,17-18,25,28-29H,6,22-23H2,1-4H3,(H2,24,26,27)/t11-,12+,13+,15+,17-,18+/m1/s1. The molecule has 0 bridgehead atoms. The normalized spacial score (nSPS) is 24.9. The molecule has 1 aliphatic heterocycles. The van der Waals surface area contributed by atoms with Crippen LogP contribution in [0, 0.1) is 11.8 Å². The van der Waals surface area contributed by atoms with Crippen LogP contribution in [0.15, 0.2) is 12.5 Å². The molecule has 1 saturated heterocycles. The number of nitrogens with two attached hydrogens (primary N) is 3. The van der Waals surface area contributed by atoms with E-state index in [1.54, 1.807) is 20.0 Å². The van der Waals surface area contributed by atoms with Crippen molar-refractivity contribution in [3.05, 3.63) is 18.1 Å². The topological polar surface area (TPSA) is 204 Å².